The minimum atomic E-state index is -4.88. The summed E-state index contributed by atoms with van der Waals surface area (Å²) >= 11 is 6.05. The van der Waals surface area contributed by atoms with Gasteiger partial charge < -0.3 is 36.2 Å². The number of aromatic carboxylic acids is 1. The molecule has 0 unspecified atom stereocenters. The fourth-order valence-electron chi connectivity index (χ4n) is 3.79. The molecular weight excluding hydrogens is 617 g/mol. The van der Waals surface area contributed by atoms with Crippen LogP contribution in [-0.2, 0) is 30.3 Å². The standard InChI is InChI=1S/C27H36ClF3N4O9/c1-13(2)9-18(33-24(40)19(11-21(36)37)35-26(43)44-14(3)4)23(39)34-20(12-27(29,30)31)22(38)32-8-7-15-5-6-16(25(41)42)10-17(15)28/h5-6,10,13-14,18-20H,7-9,11-12H2,1-4H3,(H,32,38)(H,33,40)(H,34,39)(H,35,43)(H,36,37)(H,41,42)/t18-,19-,20-/m0/s1. The molecule has 13 nitrogen and oxygen atoms in total. The van der Waals surface area contributed by atoms with Gasteiger partial charge in [0.1, 0.15) is 18.1 Å². The van der Waals surface area contributed by atoms with Crippen LogP contribution in [0.25, 0.3) is 0 Å². The van der Waals surface area contributed by atoms with Crippen molar-refractivity contribution in [3.63, 3.8) is 0 Å². The lowest BCUT2D eigenvalue weighted by molar-refractivity contribution is -0.152. The molecule has 0 aliphatic rings. The second-order valence-electron chi connectivity index (χ2n) is 10.5. The molecule has 3 atom stereocenters. The highest BCUT2D eigenvalue weighted by Gasteiger charge is 2.38. The molecule has 6 N–H and O–H groups in total. The van der Waals surface area contributed by atoms with Crippen LogP contribution >= 0.6 is 11.6 Å². The fourth-order valence-corrected chi connectivity index (χ4v) is 4.06. The lowest BCUT2D eigenvalue weighted by Gasteiger charge is -2.26. The lowest BCUT2D eigenvalue weighted by Crippen LogP contribution is -2.58. The summed E-state index contributed by atoms with van der Waals surface area (Å²) in [6, 6.07) is -1.45. The third-order valence-electron chi connectivity index (χ3n) is 5.73. The van der Waals surface area contributed by atoms with Crippen LogP contribution in [0, 0.1) is 5.92 Å². The number of aliphatic carboxylic acids is 1. The first-order valence-corrected chi connectivity index (χ1v) is 13.8. The number of carboxylic acid groups (broad SMARTS) is 2. The molecule has 0 saturated heterocycles. The quantitative estimate of drug-likeness (QED) is 0.155. The lowest BCUT2D eigenvalue weighted by atomic mass is 10.0. The molecule has 0 aromatic heterocycles. The molecule has 1 aromatic carbocycles. The fraction of sp³-hybridized carbons (Fsp3) is 0.556. The Kier molecular flexibility index (Phi) is 14.9. The molecule has 44 heavy (non-hydrogen) atoms. The normalized spacial score (nSPS) is 13.4. The molecular formula is C27H36ClF3N4O9. The van der Waals surface area contributed by atoms with Gasteiger partial charge in [-0.3, -0.25) is 19.2 Å². The maximum Gasteiger partial charge on any atom is 0.408 e. The zero-order valence-electron chi connectivity index (χ0n) is 24.4. The zero-order chi connectivity index (χ0) is 33.8. The predicted molar refractivity (Wildman–Crippen MR) is 150 cm³/mol. The molecule has 0 fully saturated rings. The Labute approximate surface area is 256 Å². The van der Waals surface area contributed by atoms with Gasteiger partial charge in [0, 0.05) is 11.6 Å². The van der Waals surface area contributed by atoms with Gasteiger partial charge in [-0.05, 0) is 50.3 Å². The SMILES string of the molecule is CC(C)C[C@H](NC(=O)[C@H](CC(=O)O)NC(=O)OC(C)C)C(=O)N[C@@H](CC(F)(F)F)C(=O)NCCc1ccc(C(=O)O)cc1Cl. The van der Waals surface area contributed by atoms with E-state index in [1.807, 2.05) is 5.32 Å². The van der Waals surface area contributed by atoms with Gasteiger partial charge in [0.05, 0.1) is 24.5 Å². The zero-order valence-corrected chi connectivity index (χ0v) is 25.2. The summed E-state index contributed by atoms with van der Waals surface area (Å²) in [6.45, 7) is 6.10. The van der Waals surface area contributed by atoms with E-state index in [9.17, 15) is 41.9 Å². The molecule has 0 aliphatic heterocycles. The van der Waals surface area contributed by atoms with Crippen LogP contribution in [0.3, 0.4) is 0 Å². The molecule has 0 radical (unpaired) electrons. The van der Waals surface area contributed by atoms with E-state index in [1.165, 1.54) is 32.0 Å². The first kappa shape index (κ1) is 37.9. The number of hydrogen-bond donors (Lipinski definition) is 6. The first-order valence-electron chi connectivity index (χ1n) is 13.4. The molecule has 0 bridgehead atoms. The summed E-state index contributed by atoms with van der Waals surface area (Å²) in [5, 5.41) is 26.9. The molecule has 0 saturated carbocycles. The number of ether oxygens (including phenoxy) is 1. The van der Waals surface area contributed by atoms with Crippen molar-refractivity contribution in [2.24, 2.45) is 5.92 Å². The van der Waals surface area contributed by atoms with Crippen molar-refractivity contribution < 1.29 is 56.9 Å². The number of rotatable bonds is 16. The predicted octanol–water partition coefficient (Wildman–Crippen LogP) is 2.64. The van der Waals surface area contributed by atoms with Crippen LogP contribution in [-0.4, -0.2) is 82.9 Å². The summed E-state index contributed by atoms with van der Waals surface area (Å²) in [6.07, 6.45) is -9.31. The average molecular weight is 653 g/mol. The van der Waals surface area contributed by atoms with E-state index >= 15 is 0 Å². The van der Waals surface area contributed by atoms with Crippen LogP contribution in [0.4, 0.5) is 18.0 Å². The van der Waals surface area contributed by atoms with Crippen molar-refractivity contribution in [3.05, 3.63) is 34.3 Å². The van der Waals surface area contributed by atoms with E-state index in [0.29, 0.717) is 5.56 Å². The van der Waals surface area contributed by atoms with Gasteiger partial charge in [-0.1, -0.05) is 31.5 Å². The van der Waals surface area contributed by atoms with Crippen LogP contribution in [0.1, 0.15) is 62.9 Å². The molecule has 1 aromatic rings. The highest BCUT2D eigenvalue weighted by atomic mass is 35.5. The number of halogens is 4. The third-order valence-corrected chi connectivity index (χ3v) is 6.08. The largest absolute Gasteiger partial charge is 0.481 e. The Morgan fingerprint density at radius 3 is 1.98 bits per heavy atom. The Bertz CT molecular complexity index is 1210. The van der Waals surface area contributed by atoms with Crippen LogP contribution in [0.2, 0.25) is 5.02 Å². The van der Waals surface area contributed by atoms with Crippen molar-refractivity contribution in [2.75, 3.05) is 6.54 Å². The second kappa shape index (κ2) is 17.3. The van der Waals surface area contributed by atoms with E-state index in [4.69, 9.17) is 26.6 Å². The maximum absolute atomic E-state index is 13.3. The highest BCUT2D eigenvalue weighted by molar-refractivity contribution is 6.31. The molecule has 1 rings (SSSR count). The number of amides is 4. The highest BCUT2D eigenvalue weighted by Crippen LogP contribution is 2.22. The maximum atomic E-state index is 13.3. The van der Waals surface area contributed by atoms with Gasteiger partial charge in [-0.25, -0.2) is 9.59 Å². The number of carbonyl (C=O) groups excluding carboxylic acids is 4. The molecule has 4 amide bonds. The van der Waals surface area contributed by atoms with Crippen molar-refractivity contribution in [3.8, 4) is 0 Å². The first-order chi connectivity index (χ1) is 20.3. The van der Waals surface area contributed by atoms with Gasteiger partial charge in [-0.15, -0.1) is 0 Å². The third kappa shape index (κ3) is 14.4. The minimum absolute atomic E-state index is 0.0282. The summed E-state index contributed by atoms with van der Waals surface area (Å²) < 4.78 is 44.9. The number of alkyl carbamates (subject to hydrolysis) is 1. The molecule has 246 valence electrons. The van der Waals surface area contributed by atoms with Gasteiger partial charge in [0.2, 0.25) is 17.7 Å². The Balaban J connectivity index is 3.06. The van der Waals surface area contributed by atoms with Crippen molar-refractivity contribution in [2.45, 2.75) is 83.8 Å². The van der Waals surface area contributed by atoms with E-state index in [0.717, 1.165) is 0 Å². The Morgan fingerprint density at radius 1 is 0.886 bits per heavy atom. The van der Waals surface area contributed by atoms with Crippen LogP contribution in [0.5, 0.6) is 0 Å². The number of hydrogen-bond acceptors (Lipinski definition) is 7. The number of carbonyl (C=O) groups is 6. The second-order valence-corrected chi connectivity index (χ2v) is 10.9. The molecule has 17 heteroatoms. The van der Waals surface area contributed by atoms with Crippen molar-refractivity contribution in [1.82, 2.24) is 21.3 Å². The monoisotopic (exact) mass is 652 g/mol. The smallest absolute Gasteiger partial charge is 0.408 e. The Hall–Kier alpha value is -4.08. The average Bonchev–Trinajstić information content (AvgIpc) is 2.86. The number of benzene rings is 1. The van der Waals surface area contributed by atoms with Gasteiger partial charge >= 0.3 is 24.2 Å². The van der Waals surface area contributed by atoms with E-state index in [1.54, 1.807) is 13.8 Å². The number of alkyl halides is 3. The molecule has 0 aliphatic carbocycles. The molecule has 0 heterocycles. The van der Waals surface area contributed by atoms with E-state index < -0.39 is 79.0 Å². The van der Waals surface area contributed by atoms with E-state index in [2.05, 4.69) is 16.0 Å². The molecule has 0 spiro atoms. The van der Waals surface area contributed by atoms with Gasteiger partial charge in [0.15, 0.2) is 0 Å². The minimum Gasteiger partial charge on any atom is -0.481 e. The summed E-state index contributed by atoms with van der Waals surface area (Å²) in [5.41, 5.74) is 0.328. The summed E-state index contributed by atoms with van der Waals surface area (Å²) in [7, 11) is 0. The summed E-state index contributed by atoms with van der Waals surface area (Å²) in [4.78, 5) is 73.0. The van der Waals surface area contributed by atoms with Gasteiger partial charge in [-0.2, -0.15) is 13.2 Å². The number of nitrogens with one attached hydrogen (secondary N) is 4. The van der Waals surface area contributed by atoms with Crippen LogP contribution < -0.4 is 21.3 Å². The van der Waals surface area contributed by atoms with Crippen molar-refractivity contribution in [1.29, 1.82) is 0 Å². The topological polar surface area (TPSA) is 200 Å². The number of carboxylic acids is 2. The Morgan fingerprint density at radius 2 is 1.48 bits per heavy atom. The van der Waals surface area contributed by atoms with Gasteiger partial charge in [0.25, 0.3) is 0 Å². The van der Waals surface area contributed by atoms with Crippen LogP contribution in [0.15, 0.2) is 18.2 Å². The van der Waals surface area contributed by atoms with E-state index in [-0.39, 0.29) is 35.9 Å². The van der Waals surface area contributed by atoms with Crippen molar-refractivity contribution >= 4 is 47.4 Å². The summed E-state index contributed by atoms with van der Waals surface area (Å²) in [5.74, 6) is -6.44.